The van der Waals surface area contributed by atoms with Crippen LogP contribution in [0.3, 0.4) is 0 Å². The molecule has 0 aliphatic heterocycles. The molecule has 0 fully saturated rings. The Balaban J connectivity index is 2.33. The molecule has 0 heterocycles. The highest BCUT2D eigenvalue weighted by molar-refractivity contribution is 5.84. The van der Waals surface area contributed by atoms with Gasteiger partial charge in [0.05, 0.1) is 13.0 Å². The summed E-state index contributed by atoms with van der Waals surface area (Å²) in [6, 6.07) is 7.84. The van der Waals surface area contributed by atoms with Crippen LogP contribution < -0.4 is 15.8 Å². The van der Waals surface area contributed by atoms with Gasteiger partial charge in [0.2, 0.25) is 11.8 Å². The summed E-state index contributed by atoms with van der Waals surface area (Å²) in [4.78, 5) is 33.2. The predicted molar refractivity (Wildman–Crippen MR) is 74.5 cm³/mol. The molecule has 4 N–H and O–H groups in total. The number of benzene rings is 1. The normalized spacial score (nSPS) is 11.4. The number of carbonyl (C=O) groups excluding carboxylic acids is 2. The lowest BCUT2D eigenvalue weighted by Crippen LogP contribution is -2.41. The maximum atomic E-state index is 11.6. The summed E-state index contributed by atoms with van der Waals surface area (Å²) in [5, 5.41) is 11.3. The summed E-state index contributed by atoms with van der Waals surface area (Å²) in [5.74, 6) is -1.63. The third-order valence-electron chi connectivity index (χ3n) is 2.65. The van der Waals surface area contributed by atoms with Crippen molar-refractivity contribution >= 4 is 17.8 Å². The number of hydrogen-bond donors (Lipinski definition) is 3. The zero-order valence-corrected chi connectivity index (χ0v) is 11.5. The fourth-order valence-electron chi connectivity index (χ4n) is 1.59. The first-order valence-electron chi connectivity index (χ1n) is 6.47. The molecule has 2 amide bonds. The van der Waals surface area contributed by atoms with Gasteiger partial charge in [-0.1, -0.05) is 18.2 Å². The molecule has 1 rings (SSSR count). The second kappa shape index (κ2) is 8.57. The van der Waals surface area contributed by atoms with Crippen molar-refractivity contribution in [1.82, 2.24) is 5.32 Å². The Labute approximate surface area is 122 Å². The molecule has 0 spiro atoms. The number of nitrogens with two attached hydrogens (primary N) is 1. The lowest BCUT2D eigenvalue weighted by molar-refractivity contribution is -0.142. The van der Waals surface area contributed by atoms with Gasteiger partial charge in [-0.3, -0.25) is 9.59 Å². The summed E-state index contributed by atoms with van der Waals surface area (Å²) in [5.41, 5.74) is 4.95. The first-order chi connectivity index (χ1) is 9.99. The standard InChI is InChI=1S/C14H18N2O5/c15-12(17)7-6-11(14(19)20)16-13(18)8-9-21-10-4-2-1-3-5-10/h1-5,11H,6-9H2,(H2,15,17)(H,16,18)(H,19,20)/t11-/m0/s1. The molecule has 1 atom stereocenters. The minimum atomic E-state index is -1.20. The number of para-hydroxylation sites is 1. The lowest BCUT2D eigenvalue weighted by atomic mass is 10.1. The zero-order valence-electron chi connectivity index (χ0n) is 11.5. The lowest BCUT2D eigenvalue weighted by Gasteiger charge is -2.13. The first kappa shape index (κ1) is 16.5. The second-order valence-corrected chi connectivity index (χ2v) is 4.37. The van der Waals surface area contributed by atoms with Crippen LogP contribution in [0.5, 0.6) is 5.75 Å². The van der Waals surface area contributed by atoms with Gasteiger partial charge in [0.1, 0.15) is 11.8 Å². The van der Waals surface area contributed by atoms with Gasteiger partial charge in [0.15, 0.2) is 0 Å². The van der Waals surface area contributed by atoms with Gasteiger partial charge in [-0.2, -0.15) is 0 Å². The van der Waals surface area contributed by atoms with E-state index in [9.17, 15) is 14.4 Å². The summed E-state index contributed by atoms with van der Waals surface area (Å²) in [7, 11) is 0. The summed E-state index contributed by atoms with van der Waals surface area (Å²) in [6.07, 6.45) is -0.108. The first-order valence-corrected chi connectivity index (χ1v) is 6.47. The van der Waals surface area contributed by atoms with Crippen molar-refractivity contribution in [2.75, 3.05) is 6.61 Å². The number of rotatable bonds is 9. The molecule has 7 nitrogen and oxygen atoms in total. The number of amides is 2. The number of carboxylic acids is 1. The van der Waals surface area contributed by atoms with E-state index in [1.54, 1.807) is 24.3 Å². The van der Waals surface area contributed by atoms with Crippen molar-refractivity contribution in [2.45, 2.75) is 25.3 Å². The summed E-state index contributed by atoms with van der Waals surface area (Å²) in [6.45, 7) is 0.137. The SMILES string of the molecule is NC(=O)CC[C@H](NC(=O)CCOc1ccccc1)C(=O)O. The zero-order chi connectivity index (χ0) is 15.7. The quantitative estimate of drug-likeness (QED) is 0.605. The van der Waals surface area contributed by atoms with E-state index in [0.717, 1.165) is 0 Å². The number of primary amides is 1. The number of carbonyl (C=O) groups is 3. The highest BCUT2D eigenvalue weighted by Gasteiger charge is 2.20. The Hall–Kier alpha value is -2.57. The van der Waals surface area contributed by atoms with Crippen LogP contribution in [0.2, 0.25) is 0 Å². The van der Waals surface area contributed by atoms with E-state index in [2.05, 4.69) is 5.32 Å². The van der Waals surface area contributed by atoms with Crippen LogP contribution in [0, 0.1) is 0 Å². The molecule has 7 heteroatoms. The van der Waals surface area contributed by atoms with Crippen LogP contribution in [-0.4, -0.2) is 35.5 Å². The Kier molecular flexibility index (Phi) is 6.73. The molecule has 0 unspecified atom stereocenters. The molecule has 0 saturated heterocycles. The van der Waals surface area contributed by atoms with Gasteiger partial charge >= 0.3 is 5.97 Å². The van der Waals surface area contributed by atoms with Gasteiger partial charge in [-0.25, -0.2) is 4.79 Å². The Morgan fingerprint density at radius 2 is 1.86 bits per heavy atom. The van der Waals surface area contributed by atoms with Crippen LogP contribution >= 0.6 is 0 Å². The predicted octanol–water partition coefficient (Wildman–Crippen LogP) is 0.290. The number of aliphatic carboxylic acids is 1. The third kappa shape index (κ3) is 6.95. The van der Waals surface area contributed by atoms with Gasteiger partial charge in [0.25, 0.3) is 0 Å². The fraction of sp³-hybridized carbons (Fsp3) is 0.357. The number of nitrogens with one attached hydrogen (secondary N) is 1. The van der Waals surface area contributed by atoms with Gasteiger partial charge in [0, 0.05) is 6.42 Å². The Bertz CT molecular complexity index is 489. The highest BCUT2D eigenvalue weighted by Crippen LogP contribution is 2.08. The third-order valence-corrected chi connectivity index (χ3v) is 2.65. The van der Waals surface area contributed by atoms with E-state index in [0.29, 0.717) is 5.75 Å². The van der Waals surface area contributed by atoms with Crippen molar-refractivity contribution in [3.63, 3.8) is 0 Å². The average Bonchev–Trinajstić information content (AvgIpc) is 2.44. The monoisotopic (exact) mass is 294 g/mol. The molecule has 0 radical (unpaired) electrons. The molecule has 0 saturated carbocycles. The summed E-state index contributed by atoms with van der Waals surface area (Å²) >= 11 is 0. The molecule has 0 aliphatic rings. The number of carboxylic acid groups (broad SMARTS) is 1. The van der Waals surface area contributed by atoms with E-state index >= 15 is 0 Å². The average molecular weight is 294 g/mol. The maximum Gasteiger partial charge on any atom is 0.326 e. The van der Waals surface area contributed by atoms with E-state index in [-0.39, 0.29) is 25.9 Å². The molecule has 0 bridgehead atoms. The van der Waals surface area contributed by atoms with Crippen molar-refractivity contribution in [2.24, 2.45) is 5.73 Å². The Morgan fingerprint density at radius 1 is 1.19 bits per heavy atom. The van der Waals surface area contributed by atoms with Gasteiger partial charge in [-0.15, -0.1) is 0 Å². The van der Waals surface area contributed by atoms with E-state index < -0.39 is 23.8 Å². The summed E-state index contributed by atoms with van der Waals surface area (Å²) < 4.78 is 5.33. The van der Waals surface area contributed by atoms with Crippen molar-refractivity contribution < 1.29 is 24.2 Å². The minimum absolute atomic E-state index is 0.0231. The van der Waals surface area contributed by atoms with E-state index in [1.807, 2.05) is 6.07 Å². The van der Waals surface area contributed by atoms with Crippen molar-refractivity contribution in [1.29, 1.82) is 0 Å². The van der Waals surface area contributed by atoms with E-state index in [1.165, 1.54) is 0 Å². The molecule has 1 aromatic rings. The largest absolute Gasteiger partial charge is 0.493 e. The van der Waals surface area contributed by atoms with Gasteiger partial charge in [-0.05, 0) is 18.6 Å². The highest BCUT2D eigenvalue weighted by atomic mass is 16.5. The molecule has 0 aromatic heterocycles. The van der Waals surface area contributed by atoms with Crippen molar-refractivity contribution in [3.05, 3.63) is 30.3 Å². The smallest absolute Gasteiger partial charge is 0.326 e. The van der Waals surface area contributed by atoms with Crippen LogP contribution in [0.4, 0.5) is 0 Å². The van der Waals surface area contributed by atoms with E-state index in [4.69, 9.17) is 15.6 Å². The number of ether oxygens (including phenoxy) is 1. The van der Waals surface area contributed by atoms with Crippen LogP contribution in [0.1, 0.15) is 19.3 Å². The van der Waals surface area contributed by atoms with Crippen LogP contribution in [-0.2, 0) is 14.4 Å². The number of hydrogen-bond acceptors (Lipinski definition) is 4. The van der Waals surface area contributed by atoms with Crippen LogP contribution in [0.15, 0.2) is 30.3 Å². The molecular weight excluding hydrogens is 276 g/mol. The molecule has 0 aliphatic carbocycles. The topological polar surface area (TPSA) is 119 Å². The maximum absolute atomic E-state index is 11.6. The van der Waals surface area contributed by atoms with Gasteiger partial charge < -0.3 is 20.9 Å². The molecule has 1 aromatic carbocycles. The molecule has 114 valence electrons. The second-order valence-electron chi connectivity index (χ2n) is 4.37. The Morgan fingerprint density at radius 3 is 2.43 bits per heavy atom. The molecular formula is C14H18N2O5. The minimum Gasteiger partial charge on any atom is -0.493 e. The fourth-order valence-corrected chi connectivity index (χ4v) is 1.59. The molecule has 21 heavy (non-hydrogen) atoms. The van der Waals surface area contributed by atoms with Crippen molar-refractivity contribution in [3.8, 4) is 5.75 Å². The van der Waals surface area contributed by atoms with Crippen LogP contribution in [0.25, 0.3) is 0 Å².